The molecule has 0 bridgehead atoms. The molecule has 2 saturated heterocycles. The summed E-state index contributed by atoms with van der Waals surface area (Å²) in [7, 11) is 0. The number of hydrogen-bond acceptors (Lipinski definition) is 4. The van der Waals surface area contributed by atoms with Crippen molar-refractivity contribution in [3.63, 3.8) is 0 Å². The number of nitrogens with zero attached hydrogens (tertiary/aromatic N) is 3. The van der Waals surface area contributed by atoms with Crippen LogP contribution >= 0.6 is 0 Å². The van der Waals surface area contributed by atoms with E-state index < -0.39 is 11.6 Å². The molecule has 0 spiro atoms. The van der Waals surface area contributed by atoms with Gasteiger partial charge in [-0.05, 0) is 18.2 Å². The van der Waals surface area contributed by atoms with Gasteiger partial charge in [0.1, 0.15) is 17.7 Å². The first-order chi connectivity index (χ1) is 12.6. The number of ether oxygens (including phenoxy) is 1. The quantitative estimate of drug-likeness (QED) is 0.823. The van der Waals surface area contributed by atoms with Crippen LogP contribution in [0.5, 0.6) is 0 Å². The maximum Gasteiger partial charge on any atom is 0.410 e. The van der Waals surface area contributed by atoms with Crippen molar-refractivity contribution in [2.24, 2.45) is 0 Å². The maximum atomic E-state index is 13.9. The summed E-state index contributed by atoms with van der Waals surface area (Å²) in [4.78, 5) is 20.2. The van der Waals surface area contributed by atoms with Crippen LogP contribution < -0.4 is 0 Å². The Balaban J connectivity index is 1.39. The van der Waals surface area contributed by atoms with Crippen LogP contribution in [-0.4, -0.2) is 52.7 Å². The fourth-order valence-electron chi connectivity index (χ4n) is 3.64. The molecular weight excluding hydrogens is 340 g/mol. The highest BCUT2D eigenvalue weighted by Crippen LogP contribution is 2.28. The van der Waals surface area contributed by atoms with E-state index in [2.05, 4.69) is 4.98 Å². The summed E-state index contributed by atoms with van der Waals surface area (Å²) >= 11 is 0. The molecule has 1 aromatic heterocycles. The Hall–Kier alpha value is -2.54. The van der Waals surface area contributed by atoms with Gasteiger partial charge in [0, 0.05) is 56.1 Å². The van der Waals surface area contributed by atoms with Gasteiger partial charge < -0.3 is 4.74 Å². The molecular formula is C19H19F2N3O2. The molecule has 7 heteroatoms. The summed E-state index contributed by atoms with van der Waals surface area (Å²) in [5.41, 5.74) is 1.37. The van der Waals surface area contributed by atoms with Gasteiger partial charge >= 0.3 is 6.09 Å². The van der Waals surface area contributed by atoms with Crippen LogP contribution in [0.2, 0.25) is 0 Å². The molecule has 2 fully saturated rings. The molecule has 0 radical (unpaired) electrons. The lowest BCUT2D eigenvalue weighted by Crippen LogP contribution is -2.39. The maximum absolute atomic E-state index is 13.9. The van der Waals surface area contributed by atoms with E-state index in [1.54, 1.807) is 11.1 Å². The number of likely N-dealkylation sites (tertiary alicyclic amines) is 1. The lowest BCUT2D eigenvalue weighted by Gasteiger charge is -2.22. The second-order valence-corrected chi connectivity index (χ2v) is 6.68. The van der Waals surface area contributed by atoms with Gasteiger partial charge in [-0.2, -0.15) is 0 Å². The molecule has 0 saturated carbocycles. The molecule has 2 aromatic rings. The number of benzene rings is 1. The van der Waals surface area contributed by atoms with Crippen LogP contribution in [0.25, 0.3) is 0 Å². The predicted octanol–water partition coefficient (Wildman–Crippen LogP) is 2.61. The molecule has 0 aliphatic carbocycles. The molecule has 1 amide bonds. The highest BCUT2D eigenvalue weighted by atomic mass is 19.1. The summed E-state index contributed by atoms with van der Waals surface area (Å²) in [6, 6.07) is 9.27. The molecule has 0 unspecified atom stereocenters. The first-order valence-corrected chi connectivity index (χ1v) is 8.63. The predicted molar refractivity (Wildman–Crippen MR) is 90.3 cm³/mol. The number of hydrogen-bond donors (Lipinski definition) is 0. The summed E-state index contributed by atoms with van der Waals surface area (Å²) in [6.45, 7) is 2.06. The first-order valence-electron chi connectivity index (χ1n) is 8.63. The lowest BCUT2D eigenvalue weighted by atomic mass is 10.2. The van der Waals surface area contributed by atoms with E-state index in [-0.39, 0.29) is 18.2 Å². The van der Waals surface area contributed by atoms with Gasteiger partial charge in [0.05, 0.1) is 6.04 Å². The van der Waals surface area contributed by atoms with Crippen molar-refractivity contribution in [2.45, 2.75) is 25.1 Å². The van der Waals surface area contributed by atoms with Crippen LogP contribution in [0.3, 0.4) is 0 Å². The van der Waals surface area contributed by atoms with E-state index in [1.165, 1.54) is 12.1 Å². The van der Waals surface area contributed by atoms with Crippen LogP contribution in [0.15, 0.2) is 42.6 Å². The minimum atomic E-state index is -0.584. The molecule has 2 aliphatic heterocycles. The molecule has 3 heterocycles. The van der Waals surface area contributed by atoms with Crippen LogP contribution in [0.1, 0.15) is 11.3 Å². The van der Waals surface area contributed by atoms with Crippen LogP contribution in [0, 0.1) is 11.6 Å². The second-order valence-electron chi connectivity index (χ2n) is 6.68. The highest BCUT2D eigenvalue weighted by Gasteiger charge is 2.47. The van der Waals surface area contributed by atoms with Gasteiger partial charge in [-0.15, -0.1) is 0 Å². The number of rotatable bonds is 5. The van der Waals surface area contributed by atoms with Crippen molar-refractivity contribution in [2.75, 3.05) is 19.6 Å². The molecule has 4 rings (SSSR count). The first kappa shape index (κ1) is 16.9. The SMILES string of the molecule is O=C1O[C@@H]2CN(Cc3ccc(F)cc3F)C[C@@H]2N1CCc1ccccn1. The summed E-state index contributed by atoms with van der Waals surface area (Å²) < 4.78 is 32.4. The molecule has 2 atom stereocenters. The average Bonchev–Trinajstić information content (AvgIpc) is 3.13. The molecule has 136 valence electrons. The van der Waals surface area contributed by atoms with Gasteiger partial charge in [-0.3, -0.25) is 14.8 Å². The smallest absolute Gasteiger partial charge is 0.410 e. The van der Waals surface area contributed by atoms with Crippen LogP contribution in [0.4, 0.5) is 13.6 Å². The molecule has 0 N–H and O–H groups in total. The van der Waals surface area contributed by atoms with E-state index in [0.29, 0.717) is 38.2 Å². The van der Waals surface area contributed by atoms with Gasteiger partial charge in [0.2, 0.25) is 0 Å². The summed E-state index contributed by atoms with van der Waals surface area (Å²) in [6.07, 6.45) is 1.87. The van der Waals surface area contributed by atoms with E-state index in [4.69, 9.17) is 4.74 Å². The third kappa shape index (κ3) is 3.39. The topological polar surface area (TPSA) is 45.7 Å². The highest BCUT2D eigenvalue weighted by molar-refractivity contribution is 5.71. The van der Waals surface area contributed by atoms with Gasteiger partial charge in [0.25, 0.3) is 0 Å². The Bertz CT molecular complexity index is 803. The number of halogens is 2. The molecule has 1 aromatic carbocycles. The van der Waals surface area contributed by atoms with E-state index in [9.17, 15) is 13.6 Å². The van der Waals surface area contributed by atoms with Crippen LogP contribution in [-0.2, 0) is 17.7 Å². The Morgan fingerprint density at radius 2 is 2.08 bits per heavy atom. The summed E-state index contributed by atoms with van der Waals surface area (Å²) in [5, 5.41) is 0. The fourth-order valence-corrected chi connectivity index (χ4v) is 3.64. The lowest BCUT2D eigenvalue weighted by molar-refractivity contribution is 0.120. The molecule has 5 nitrogen and oxygen atoms in total. The molecule has 2 aliphatic rings. The Labute approximate surface area is 150 Å². The fraction of sp³-hybridized carbons (Fsp3) is 0.368. The number of amides is 1. The zero-order valence-corrected chi connectivity index (χ0v) is 14.1. The van der Waals surface area contributed by atoms with Crippen molar-refractivity contribution in [1.29, 1.82) is 0 Å². The second kappa shape index (κ2) is 6.99. The minimum Gasteiger partial charge on any atom is -0.442 e. The Morgan fingerprint density at radius 3 is 2.85 bits per heavy atom. The zero-order valence-electron chi connectivity index (χ0n) is 14.1. The van der Waals surface area contributed by atoms with Gasteiger partial charge in [-0.1, -0.05) is 12.1 Å². The van der Waals surface area contributed by atoms with Crippen molar-refractivity contribution >= 4 is 6.09 Å². The number of carbonyl (C=O) groups excluding carboxylic acids is 1. The van der Waals surface area contributed by atoms with E-state index in [0.717, 1.165) is 11.8 Å². The van der Waals surface area contributed by atoms with Crippen molar-refractivity contribution in [1.82, 2.24) is 14.8 Å². The van der Waals surface area contributed by atoms with Crippen molar-refractivity contribution in [3.8, 4) is 0 Å². The number of carbonyl (C=O) groups is 1. The Morgan fingerprint density at radius 1 is 1.19 bits per heavy atom. The normalized spacial score (nSPS) is 22.5. The largest absolute Gasteiger partial charge is 0.442 e. The monoisotopic (exact) mass is 359 g/mol. The van der Waals surface area contributed by atoms with Gasteiger partial charge in [0.15, 0.2) is 0 Å². The van der Waals surface area contributed by atoms with Gasteiger partial charge in [-0.25, -0.2) is 13.6 Å². The minimum absolute atomic E-state index is 0.0466. The third-order valence-electron chi connectivity index (χ3n) is 4.94. The van der Waals surface area contributed by atoms with Crippen molar-refractivity contribution in [3.05, 3.63) is 65.5 Å². The number of pyridine rings is 1. The Kier molecular flexibility index (Phi) is 4.55. The average molecular weight is 359 g/mol. The third-order valence-corrected chi connectivity index (χ3v) is 4.94. The zero-order chi connectivity index (χ0) is 18.1. The number of fused-ring (bicyclic) bond motifs is 1. The number of aromatic nitrogens is 1. The van der Waals surface area contributed by atoms with E-state index in [1.807, 2.05) is 23.1 Å². The standard InChI is InChI=1S/C19H19F2N3O2/c20-14-5-4-13(16(21)9-14)10-23-11-17-18(12-23)26-19(25)24(17)8-6-15-3-1-2-7-22-15/h1-5,7,9,17-18H,6,8,10-12H2/t17-,18+/m0/s1. The summed E-state index contributed by atoms with van der Waals surface area (Å²) in [5.74, 6) is -1.13. The van der Waals surface area contributed by atoms with E-state index >= 15 is 0 Å². The van der Waals surface area contributed by atoms with Crippen molar-refractivity contribution < 1.29 is 18.3 Å². The molecule has 26 heavy (non-hydrogen) atoms.